The van der Waals surface area contributed by atoms with Gasteiger partial charge >= 0.3 is 0 Å². The molecule has 12 aromatic carbocycles. The van der Waals surface area contributed by atoms with Crippen LogP contribution in [0.1, 0.15) is 27.8 Å². The van der Waals surface area contributed by atoms with E-state index in [1.165, 1.54) is 72.3 Å². The van der Waals surface area contributed by atoms with E-state index in [9.17, 15) is 0 Å². The van der Waals surface area contributed by atoms with Gasteiger partial charge in [0.25, 0.3) is 0 Å². The predicted octanol–water partition coefficient (Wildman–Crippen LogP) is 28.6. The standard InChI is InChI=1S/C19H16N.2C18H14N.C17H12N.C12H10N.3C11H8N.4Ir/c1-14-10-15(2)12-18(11-14)17-8-9-20-19(13-17)16-6-4-3-5-7-16;2*1-14-12-18(16-10-6-3-7-11-16)19-13-17(14)15-8-4-2-5-9-15;1-3-7-14(8-4-1)16-11-12-18-17(13-16)15-9-5-2-6-10-15;1-10-7-8-13-12(9-10)11-5-3-2-4-6-11;3*1-2-6-10(7-3-1)11-8-4-5-9-12-11;;;;/h3-6,8-13H,1-2H3;2*2-10,12-13H,1H3;1-9,11-13H;2-5,7-9H,1H3;3*1-6,8-9H;;;;/q8*-1;;;;. The minimum Gasteiger partial charge on any atom is -0.305 e. The van der Waals surface area contributed by atoms with Crippen molar-refractivity contribution in [2.24, 2.45) is 0 Å². The van der Waals surface area contributed by atoms with Gasteiger partial charge < -0.3 is 39.9 Å². The molecule has 0 spiro atoms. The zero-order valence-corrected chi connectivity index (χ0v) is 81.3. The third kappa shape index (κ3) is 31.5. The molecule has 0 N–H and O–H groups in total. The Labute approximate surface area is 814 Å². The summed E-state index contributed by atoms with van der Waals surface area (Å²) in [6.45, 7) is 10.6. The van der Waals surface area contributed by atoms with E-state index in [2.05, 4.69) is 214 Å². The molecule has 0 fully saturated rings. The van der Waals surface area contributed by atoms with E-state index in [4.69, 9.17) is 0 Å². The van der Waals surface area contributed by atoms with E-state index in [1.54, 1.807) is 18.6 Å². The molecule has 0 amide bonds. The Morgan fingerprint density at radius 2 is 0.411 bits per heavy atom. The van der Waals surface area contributed by atoms with Gasteiger partial charge in [0.15, 0.2) is 0 Å². The molecule has 0 aliphatic carbocycles. The van der Waals surface area contributed by atoms with Crippen LogP contribution >= 0.6 is 0 Å². The van der Waals surface area contributed by atoms with Crippen LogP contribution in [0.5, 0.6) is 0 Å². The van der Waals surface area contributed by atoms with E-state index in [0.29, 0.717) is 0 Å². The first-order valence-corrected chi connectivity index (χ1v) is 41.1. The van der Waals surface area contributed by atoms with E-state index in [1.807, 2.05) is 346 Å². The largest absolute Gasteiger partial charge is 0.305 e. The normalized spacial score (nSPS) is 9.81. The minimum atomic E-state index is 0. The Bertz CT molecular complexity index is 6030. The summed E-state index contributed by atoms with van der Waals surface area (Å²) in [5, 5.41) is 0. The van der Waals surface area contributed by atoms with Gasteiger partial charge in [-0.15, -0.1) is 287 Å². The van der Waals surface area contributed by atoms with Gasteiger partial charge in [-0.25, -0.2) is 0 Å². The maximum atomic E-state index is 4.55. The molecule has 8 heterocycles. The Hall–Kier alpha value is -13.6. The van der Waals surface area contributed by atoms with Crippen molar-refractivity contribution in [3.8, 4) is 135 Å². The molecule has 4 radical (unpaired) electrons. The van der Waals surface area contributed by atoms with Crippen molar-refractivity contribution in [2.45, 2.75) is 34.6 Å². The van der Waals surface area contributed by atoms with Crippen LogP contribution in [0.4, 0.5) is 0 Å². The smallest absolute Gasteiger partial charge is 0.0242 e. The summed E-state index contributed by atoms with van der Waals surface area (Å²) >= 11 is 0. The summed E-state index contributed by atoms with van der Waals surface area (Å²) in [5.74, 6) is 0. The molecule has 20 aromatic rings. The van der Waals surface area contributed by atoms with Gasteiger partial charge in [-0.2, -0.15) is 0 Å². The number of pyridine rings is 8. The topological polar surface area (TPSA) is 103 Å². The molecule has 129 heavy (non-hydrogen) atoms. The second-order valence-corrected chi connectivity index (χ2v) is 28.7. The molecule has 0 saturated heterocycles. The van der Waals surface area contributed by atoms with Crippen molar-refractivity contribution in [1.29, 1.82) is 0 Å². The first-order valence-electron chi connectivity index (χ1n) is 41.1. The molecule has 8 nitrogen and oxygen atoms in total. The van der Waals surface area contributed by atoms with Gasteiger partial charge in [-0.3, -0.25) is 0 Å². The Balaban J connectivity index is 0.000000167. The third-order valence-corrected chi connectivity index (χ3v) is 19.4. The Kier molecular flexibility index (Phi) is 41.9. The van der Waals surface area contributed by atoms with Crippen LogP contribution in [0.15, 0.2) is 456 Å². The summed E-state index contributed by atoms with van der Waals surface area (Å²) in [7, 11) is 0. The Morgan fingerprint density at radius 3 is 0.682 bits per heavy atom. The molecule has 0 saturated carbocycles. The van der Waals surface area contributed by atoms with E-state index in [-0.39, 0.29) is 80.4 Å². The van der Waals surface area contributed by atoms with Crippen molar-refractivity contribution >= 4 is 0 Å². The van der Waals surface area contributed by atoms with Crippen LogP contribution in [0, 0.1) is 83.1 Å². The van der Waals surface area contributed by atoms with Crippen LogP contribution in [0.3, 0.4) is 0 Å². The minimum absolute atomic E-state index is 0. The molecule has 0 bridgehead atoms. The number of hydrogen-bond donors (Lipinski definition) is 0. The summed E-state index contributed by atoms with van der Waals surface area (Å²) in [5.41, 5.74) is 31.9. The monoisotopic (exact) mass is 2380 g/mol. The van der Waals surface area contributed by atoms with Crippen LogP contribution in [0.25, 0.3) is 135 Å². The van der Waals surface area contributed by atoms with Crippen LogP contribution in [0.2, 0.25) is 0 Å². The molecule has 0 aliphatic rings. The van der Waals surface area contributed by atoms with Crippen molar-refractivity contribution < 1.29 is 80.4 Å². The van der Waals surface area contributed by atoms with Crippen molar-refractivity contribution in [3.05, 3.63) is 532 Å². The van der Waals surface area contributed by atoms with Gasteiger partial charge in [0.05, 0.1) is 0 Å². The quantitative estimate of drug-likeness (QED) is 0.111. The van der Waals surface area contributed by atoms with Gasteiger partial charge in [-0.1, -0.05) is 193 Å². The van der Waals surface area contributed by atoms with Crippen LogP contribution < -0.4 is 0 Å². The third-order valence-electron chi connectivity index (χ3n) is 19.4. The summed E-state index contributed by atoms with van der Waals surface area (Å²) < 4.78 is 0. The molecule has 12 heteroatoms. The van der Waals surface area contributed by atoms with E-state index < -0.39 is 0 Å². The fourth-order valence-electron chi connectivity index (χ4n) is 13.2. The molecule has 0 unspecified atom stereocenters. The fourth-order valence-corrected chi connectivity index (χ4v) is 13.2. The summed E-state index contributed by atoms with van der Waals surface area (Å²) in [6, 6.07) is 160. The van der Waals surface area contributed by atoms with Crippen molar-refractivity contribution in [1.82, 2.24) is 39.9 Å². The molecule has 0 aliphatic heterocycles. The zero-order valence-electron chi connectivity index (χ0n) is 71.7. The van der Waals surface area contributed by atoms with Gasteiger partial charge in [-0.05, 0) is 161 Å². The van der Waals surface area contributed by atoms with Gasteiger partial charge in [0, 0.05) is 141 Å². The number of hydrogen-bond acceptors (Lipinski definition) is 8. The number of aryl methyl sites for hydroxylation is 5. The molecule has 642 valence electrons. The number of nitrogens with zero attached hydrogens (tertiary/aromatic N) is 8. The maximum Gasteiger partial charge on any atom is 0.0242 e. The second-order valence-electron chi connectivity index (χ2n) is 28.7. The predicted molar refractivity (Wildman–Crippen MR) is 514 cm³/mol. The first-order chi connectivity index (χ1) is 61.6. The average molecular weight is 2380 g/mol. The fraction of sp³-hybridized carbons (Fsp3) is 0.0427. The Morgan fingerprint density at radius 1 is 0.163 bits per heavy atom. The molecular weight excluding hydrogens is 2290 g/mol. The maximum absolute atomic E-state index is 4.55. The van der Waals surface area contributed by atoms with Crippen LogP contribution in [-0.2, 0) is 80.4 Å². The van der Waals surface area contributed by atoms with Crippen molar-refractivity contribution in [3.63, 3.8) is 0 Å². The second kappa shape index (κ2) is 54.5. The van der Waals surface area contributed by atoms with E-state index in [0.717, 1.165) is 90.1 Å². The summed E-state index contributed by atoms with van der Waals surface area (Å²) in [6.07, 6.45) is 14.8. The molecule has 0 atom stereocenters. The van der Waals surface area contributed by atoms with E-state index >= 15 is 0 Å². The number of rotatable bonds is 12. The SMILES string of the molecule is Cc1cc(-c2[c-]cccc2)ncc1-c1ccccc1.Cc1cc(-c2[c-]cccc2)ncc1-c1ccccc1.Cc1cc(C)cc(-c2ccnc(-c3[c-]cccc3)c2)c1.Cc1ccnc(-c2[c-]cccc2)c1.[Ir].[Ir].[Ir].[Ir].[c-]1ccccc1-c1cc(-c2ccccc2)ccn1.[c-]1ccccc1-c1ccccn1.[c-]1ccccc1-c1ccccn1.[c-]1ccccc1-c1ccccn1. The van der Waals surface area contributed by atoms with Crippen molar-refractivity contribution in [2.75, 3.05) is 0 Å². The first kappa shape index (κ1) is 99.2. The van der Waals surface area contributed by atoms with Crippen LogP contribution in [-0.4, -0.2) is 39.9 Å². The van der Waals surface area contributed by atoms with Gasteiger partial charge in [0.2, 0.25) is 0 Å². The van der Waals surface area contributed by atoms with Gasteiger partial charge in [0.1, 0.15) is 0 Å². The molecule has 20 rings (SSSR count). The number of aromatic nitrogens is 8. The number of benzene rings is 12. The molecular formula is C117H90Ir4N8-8. The summed E-state index contributed by atoms with van der Waals surface area (Å²) in [4.78, 5) is 34.9. The average Bonchev–Trinajstić information content (AvgIpc) is 0.825. The zero-order chi connectivity index (χ0) is 86.1. The molecule has 8 aromatic heterocycles.